The molecule has 1 aliphatic heterocycles. The van der Waals surface area contributed by atoms with Gasteiger partial charge >= 0.3 is 0 Å². The van der Waals surface area contributed by atoms with E-state index in [9.17, 15) is 9.59 Å². The number of carbonyl (C=O) groups excluding carboxylic acids is 2. The maximum atomic E-state index is 12.3. The molecular weight excluding hydrogens is 248 g/mol. The van der Waals surface area contributed by atoms with Gasteiger partial charge in [0.1, 0.15) is 5.54 Å². The molecule has 0 aromatic heterocycles. The van der Waals surface area contributed by atoms with Crippen molar-refractivity contribution in [2.75, 3.05) is 11.5 Å². The van der Waals surface area contributed by atoms with E-state index in [1.165, 1.54) is 19.3 Å². The minimum Gasteiger partial charge on any atom is -0.351 e. The van der Waals surface area contributed by atoms with E-state index in [0.717, 1.165) is 18.6 Å². The molecule has 2 fully saturated rings. The summed E-state index contributed by atoms with van der Waals surface area (Å²) in [7, 11) is 0. The van der Waals surface area contributed by atoms with E-state index >= 15 is 0 Å². The molecule has 1 unspecified atom stereocenters. The molecule has 2 amide bonds. The highest BCUT2D eigenvalue weighted by molar-refractivity contribution is 7.99. The number of hydrogen-bond donors (Lipinski definition) is 2. The van der Waals surface area contributed by atoms with Gasteiger partial charge in [-0.25, -0.2) is 0 Å². The molecule has 0 aromatic rings. The molecule has 1 aliphatic carbocycles. The zero-order chi connectivity index (χ0) is 13.0. The fourth-order valence-electron chi connectivity index (χ4n) is 2.56. The average molecular weight is 270 g/mol. The van der Waals surface area contributed by atoms with Gasteiger partial charge in [0.15, 0.2) is 0 Å². The first-order chi connectivity index (χ1) is 8.60. The van der Waals surface area contributed by atoms with Gasteiger partial charge in [-0.05, 0) is 19.8 Å². The van der Waals surface area contributed by atoms with Crippen molar-refractivity contribution < 1.29 is 9.59 Å². The van der Waals surface area contributed by atoms with Crippen LogP contribution in [0.25, 0.3) is 0 Å². The molecule has 0 aromatic carbocycles. The maximum absolute atomic E-state index is 12.3. The van der Waals surface area contributed by atoms with Crippen molar-refractivity contribution in [3.8, 4) is 0 Å². The van der Waals surface area contributed by atoms with Crippen molar-refractivity contribution in [3.63, 3.8) is 0 Å². The maximum Gasteiger partial charge on any atom is 0.246 e. The first kappa shape index (κ1) is 13.7. The Bertz CT molecular complexity index is 329. The van der Waals surface area contributed by atoms with E-state index in [1.807, 2.05) is 6.92 Å². The number of nitrogens with one attached hydrogen (secondary N) is 2. The number of thioether (sulfide) groups is 1. The molecule has 1 atom stereocenters. The highest BCUT2D eigenvalue weighted by atomic mass is 32.2. The van der Waals surface area contributed by atoms with E-state index in [0.29, 0.717) is 18.2 Å². The topological polar surface area (TPSA) is 58.2 Å². The van der Waals surface area contributed by atoms with Gasteiger partial charge in [0.2, 0.25) is 11.8 Å². The van der Waals surface area contributed by atoms with Crippen LogP contribution in [-0.4, -0.2) is 34.9 Å². The smallest absolute Gasteiger partial charge is 0.246 e. The predicted octanol–water partition coefficient (Wildman–Crippen LogP) is 1.45. The summed E-state index contributed by atoms with van der Waals surface area (Å²) >= 11 is 1.67. The van der Waals surface area contributed by atoms with Crippen LogP contribution < -0.4 is 10.6 Å². The van der Waals surface area contributed by atoms with Gasteiger partial charge < -0.3 is 10.6 Å². The lowest BCUT2D eigenvalue weighted by Gasteiger charge is -2.31. The highest BCUT2D eigenvalue weighted by Crippen LogP contribution is 2.21. The number of carbonyl (C=O) groups is 2. The normalized spacial score (nSPS) is 30.4. The molecule has 0 bridgehead atoms. The molecule has 5 heteroatoms. The quantitative estimate of drug-likeness (QED) is 0.798. The van der Waals surface area contributed by atoms with Crippen LogP contribution >= 0.6 is 11.8 Å². The molecule has 1 saturated carbocycles. The van der Waals surface area contributed by atoms with Crippen LogP contribution in [0.15, 0.2) is 0 Å². The van der Waals surface area contributed by atoms with Crippen LogP contribution in [0.4, 0.5) is 0 Å². The Labute approximate surface area is 113 Å². The zero-order valence-corrected chi connectivity index (χ0v) is 11.8. The third kappa shape index (κ3) is 3.40. The van der Waals surface area contributed by atoms with Crippen LogP contribution in [0.2, 0.25) is 0 Å². The Morgan fingerprint density at radius 3 is 2.83 bits per heavy atom. The molecule has 0 radical (unpaired) electrons. The van der Waals surface area contributed by atoms with E-state index in [2.05, 4.69) is 10.6 Å². The molecule has 18 heavy (non-hydrogen) atoms. The largest absolute Gasteiger partial charge is 0.351 e. The van der Waals surface area contributed by atoms with Crippen molar-refractivity contribution in [1.82, 2.24) is 10.6 Å². The SMILES string of the molecule is CC1(C(=O)NC2CCCCC2)CSCCC(=O)N1. The van der Waals surface area contributed by atoms with E-state index in [1.54, 1.807) is 11.8 Å². The molecule has 2 aliphatic rings. The van der Waals surface area contributed by atoms with E-state index in [4.69, 9.17) is 0 Å². The molecule has 1 saturated heterocycles. The third-order valence-corrected chi connectivity index (χ3v) is 5.00. The second-order valence-electron chi connectivity index (χ2n) is 5.49. The van der Waals surface area contributed by atoms with Gasteiger partial charge in [-0.15, -0.1) is 0 Å². The third-order valence-electron chi connectivity index (χ3n) is 3.72. The number of hydrogen-bond acceptors (Lipinski definition) is 3. The Balaban J connectivity index is 1.94. The fourth-order valence-corrected chi connectivity index (χ4v) is 3.65. The Hall–Kier alpha value is -0.710. The minimum atomic E-state index is -0.740. The van der Waals surface area contributed by atoms with Crippen molar-refractivity contribution in [3.05, 3.63) is 0 Å². The Kier molecular flexibility index (Phi) is 4.54. The molecular formula is C13H22N2O2S. The molecule has 102 valence electrons. The summed E-state index contributed by atoms with van der Waals surface area (Å²) in [5.74, 6) is 1.44. The van der Waals surface area contributed by atoms with Gasteiger partial charge in [-0.1, -0.05) is 19.3 Å². The lowest BCUT2D eigenvalue weighted by molar-refractivity contribution is -0.132. The summed E-state index contributed by atoms with van der Waals surface area (Å²) in [4.78, 5) is 23.9. The van der Waals surface area contributed by atoms with Gasteiger partial charge in [-0.3, -0.25) is 9.59 Å². The second kappa shape index (κ2) is 5.95. The monoisotopic (exact) mass is 270 g/mol. The van der Waals surface area contributed by atoms with E-state index < -0.39 is 5.54 Å². The number of amides is 2. The van der Waals surface area contributed by atoms with Crippen molar-refractivity contribution >= 4 is 23.6 Å². The summed E-state index contributed by atoms with van der Waals surface area (Å²) in [5.41, 5.74) is -0.740. The van der Waals surface area contributed by atoms with Crippen molar-refractivity contribution in [2.24, 2.45) is 0 Å². The summed E-state index contributed by atoms with van der Waals surface area (Å²) < 4.78 is 0. The average Bonchev–Trinajstić information content (AvgIpc) is 2.52. The van der Waals surface area contributed by atoms with Gasteiger partial charge in [0, 0.05) is 24.0 Å². The van der Waals surface area contributed by atoms with Crippen LogP contribution in [0, 0.1) is 0 Å². The zero-order valence-electron chi connectivity index (χ0n) is 11.0. The number of rotatable bonds is 2. The fraction of sp³-hybridized carbons (Fsp3) is 0.846. The lowest BCUT2D eigenvalue weighted by atomic mass is 9.94. The van der Waals surface area contributed by atoms with Gasteiger partial charge in [0.05, 0.1) is 0 Å². The summed E-state index contributed by atoms with van der Waals surface area (Å²) in [5, 5.41) is 5.98. The van der Waals surface area contributed by atoms with Crippen LogP contribution in [0.1, 0.15) is 45.4 Å². The van der Waals surface area contributed by atoms with Crippen LogP contribution in [0.3, 0.4) is 0 Å². The summed E-state index contributed by atoms with van der Waals surface area (Å²) in [6, 6.07) is 0.299. The first-order valence-electron chi connectivity index (χ1n) is 6.80. The van der Waals surface area contributed by atoms with Gasteiger partial charge in [0.25, 0.3) is 0 Å². The first-order valence-corrected chi connectivity index (χ1v) is 7.95. The predicted molar refractivity (Wildman–Crippen MR) is 73.5 cm³/mol. The minimum absolute atomic E-state index is 0.0127. The van der Waals surface area contributed by atoms with Crippen molar-refractivity contribution in [1.29, 1.82) is 0 Å². The van der Waals surface area contributed by atoms with E-state index in [-0.39, 0.29) is 11.8 Å². The Morgan fingerprint density at radius 2 is 2.11 bits per heavy atom. The molecule has 2 rings (SSSR count). The van der Waals surface area contributed by atoms with Gasteiger partial charge in [-0.2, -0.15) is 11.8 Å². The van der Waals surface area contributed by atoms with Crippen molar-refractivity contribution in [2.45, 2.75) is 57.0 Å². The molecule has 1 heterocycles. The molecule has 4 nitrogen and oxygen atoms in total. The molecule has 2 N–H and O–H groups in total. The summed E-state index contributed by atoms with van der Waals surface area (Å²) in [6.45, 7) is 1.83. The molecule has 0 spiro atoms. The highest BCUT2D eigenvalue weighted by Gasteiger charge is 2.37. The van der Waals surface area contributed by atoms with Crippen LogP contribution in [0.5, 0.6) is 0 Å². The second-order valence-corrected chi connectivity index (χ2v) is 6.60. The standard InChI is InChI=1S/C13H22N2O2S/c1-13(9-18-8-7-11(16)15-13)12(17)14-10-5-3-2-4-6-10/h10H,2-9H2,1H3,(H,14,17)(H,15,16). The lowest BCUT2D eigenvalue weighted by Crippen LogP contribution is -2.59. The van der Waals surface area contributed by atoms with Crippen LogP contribution in [-0.2, 0) is 9.59 Å². The Morgan fingerprint density at radius 1 is 1.39 bits per heavy atom. The summed E-state index contributed by atoms with van der Waals surface area (Å²) in [6.07, 6.45) is 6.32.